The number of nitrogens with zero attached hydrogens (tertiary/aromatic N) is 4. The molecule has 0 N–H and O–H groups in total. The second-order valence-corrected chi connectivity index (χ2v) is 14.0. The minimum absolute atomic E-state index is 0.550. The summed E-state index contributed by atoms with van der Waals surface area (Å²) >= 11 is 0. The summed E-state index contributed by atoms with van der Waals surface area (Å²) in [6.45, 7) is 0. The molecule has 0 fully saturated rings. The molecule has 56 heavy (non-hydrogen) atoms. The highest BCUT2D eigenvalue weighted by molar-refractivity contribution is 6.19. The molecule has 0 aliphatic heterocycles. The van der Waals surface area contributed by atoms with Crippen LogP contribution in [0.2, 0.25) is 0 Å². The van der Waals surface area contributed by atoms with Crippen LogP contribution in [0.3, 0.4) is 0 Å². The fraction of sp³-hybridized carbons (Fsp3) is 0. The third-order valence-electron chi connectivity index (χ3n) is 10.7. The van der Waals surface area contributed by atoms with Crippen molar-refractivity contribution in [1.29, 1.82) is 0 Å². The second-order valence-electron chi connectivity index (χ2n) is 14.0. The number of hydrogen-bond acceptors (Lipinski definition) is 4. The third-order valence-corrected chi connectivity index (χ3v) is 10.7. The van der Waals surface area contributed by atoms with Crippen LogP contribution in [-0.2, 0) is 0 Å². The van der Waals surface area contributed by atoms with Crippen molar-refractivity contribution >= 4 is 43.7 Å². The lowest BCUT2D eigenvalue weighted by Gasteiger charge is -2.16. The molecule has 11 rings (SSSR count). The van der Waals surface area contributed by atoms with Crippen LogP contribution in [0, 0.1) is 0 Å². The van der Waals surface area contributed by atoms with Gasteiger partial charge in [-0.25, -0.2) is 4.98 Å². The van der Waals surface area contributed by atoms with Gasteiger partial charge in [0.05, 0.1) is 11.0 Å². The van der Waals surface area contributed by atoms with Crippen molar-refractivity contribution in [1.82, 2.24) is 19.5 Å². The minimum atomic E-state index is 0.550. The van der Waals surface area contributed by atoms with Crippen molar-refractivity contribution < 1.29 is 4.42 Å². The van der Waals surface area contributed by atoms with Gasteiger partial charge in [-0.3, -0.25) is 4.57 Å². The van der Waals surface area contributed by atoms with E-state index in [1.165, 1.54) is 0 Å². The average Bonchev–Trinajstić information content (AvgIpc) is 3.83. The van der Waals surface area contributed by atoms with Crippen molar-refractivity contribution in [3.05, 3.63) is 194 Å². The number of fused-ring (bicyclic) bond motifs is 6. The van der Waals surface area contributed by atoms with Crippen LogP contribution in [0.5, 0.6) is 0 Å². The number of rotatable bonds is 6. The Kier molecular flexibility index (Phi) is 7.42. The summed E-state index contributed by atoms with van der Waals surface area (Å²) in [5.41, 5.74) is 12.2. The van der Waals surface area contributed by atoms with E-state index < -0.39 is 0 Å². The summed E-state index contributed by atoms with van der Waals surface area (Å²) < 4.78 is 8.68. The van der Waals surface area contributed by atoms with E-state index in [4.69, 9.17) is 19.4 Å². The lowest BCUT2D eigenvalue weighted by Crippen LogP contribution is -2.07. The first-order valence-electron chi connectivity index (χ1n) is 18.8. The van der Waals surface area contributed by atoms with Crippen molar-refractivity contribution in [2.75, 3.05) is 0 Å². The van der Waals surface area contributed by atoms with Gasteiger partial charge in [0.2, 0.25) is 5.95 Å². The van der Waals surface area contributed by atoms with Gasteiger partial charge in [-0.1, -0.05) is 164 Å². The topological polar surface area (TPSA) is 56.7 Å². The maximum absolute atomic E-state index is 6.45. The molecule has 0 spiro atoms. The molecule has 3 aromatic heterocycles. The summed E-state index contributed by atoms with van der Waals surface area (Å²) in [7, 11) is 0. The van der Waals surface area contributed by atoms with Crippen molar-refractivity contribution in [2.24, 2.45) is 0 Å². The molecule has 5 heteroatoms. The monoisotopic (exact) mass is 716 g/mol. The van der Waals surface area contributed by atoms with Gasteiger partial charge in [0.15, 0.2) is 11.6 Å². The summed E-state index contributed by atoms with van der Waals surface area (Å²) in [5, 5.41) is 4.41. The highest BCUT2D eigenvalue weighted by Crippen LogP contribution is 2.46. The van der Waals surface area contributed by atoms with Gasteiger partial charge in [0.1, 0.15) is 11.2 Å². The Hall–Kier alpha value is -7.63. The van der Waals surface area contributed by atoms with E-state index in [2.05, 4.69) is 162 Å². The molecule has 5 nitrogen and oxygen atoms in total. The smallest absolute Gasteiger partial charge is 0.238 e. The Bertz CT molecular complexity index is 3240. The summed E-state index contributed by atoms with van der Waals surface area (Å²) in [5.74, 6) is 1.76. The van der Waals surface area contributed by atoms with Gasteiger partial charge in [0.25, 0.3) is 0 Å². The zero-order chi connectivity index (χ0) is 37.0. The number of aromatic nitrogens is 4. The molecule has 0 radical (unpaired) electrons. The Morgan fingerprint density at radius 2 is 0.964 bits per heavy atom. The van der Waals surface area contributed by atoms with Gasteiger partial charge < -0.3 is 4.42 Å². The Morgan fingerprint density at radius 1 is 0.375 bits per heavy atom. The zero-order valence-corrected chi connectivity index (χ0v) is 30.2. The molecule has 3 heterocycles. The van der Waals surface area contributed by atoms with Crippen LogP contribution in [0.25, 0.3) is 106 Å². The van der Waals surface area contributed by atoms with Crippen molar-refractivity contribution in [2.45, 2.75) is 0 Å². The molecular formula is C51H32N4O. The van der Waals surface area contributed by atoms with E-state index in [1.54, 1.807) is 0 Å². The van der Waals surface area contributed by atoms with Crippen LogP contribution in [0.1, 0.15) is 0 Å². The number of para-hydroxylation sites is 3. The van der Waals surface area contributed by atoms with Crippen LogP contribution in [-0.4, -0.2) is 19.5 Å². The fourth-order valence-corrected chi connectivity index (χ4v) is 8.17. The first-order chi connectivity index (χ1) is 27.8. The molecule has 0 saturated carbocycles. The van der Waals surface area contributed by atoms with E-state index in [1.807, 2.05) is 36.4 Å². The predicted octanol–water partition coefficient (Wildman–Crippen LogP) is 13.2. The molecule has 0 saturated heterocycles. The Morgan fingerprint density at radius 3 is 1.75 bits per heavy atom. The van der Waals surface area contributed by atoms with Gasteiger partial charge in [-0.05, 0) is 52.6 Å². The molecule has 0 atom stereocenters. The van der Waals surface area contributed by atoms with E-state index in [-0.39, 0.29) is 0 Å². The molecule has 0 aliphatic rings. The molecule has 0 aliphatic carbocycles. The van der Waals surface area contributed by atoms with E-state index in [0.717, 1.165) is 88.3 Å². The predicted molar refractivity (Wildman–Crippen MR) is 229 cm³/mol. The third kappa shape index (κ3) is 5.21. The van der Waals surface area contributed by atoms with Crippen LogP contribution in [0.4, 0.5) is 0 Å². The summed E-state index contributed by atoms with van der Waals surface area (Å²) in [4.78, 5) is 15.7. The van der Waals surface area contributed by atoms with Gasteiger partial charge >= 0.3 is 0 Å². The normalized spacial score (nSPS) is 11.6. The van der Waals surface area contributed by atoms with E-state index in [0.29, 0.717) is 17.6 Å². The highest BCUT2D eigenvalue weighted by atomic mass is 16.3. The minimum Gasteiger partial charge on any atom is -0.456 e. The molecule has 262 valence electrons. The Balaban J connectivity index is 1.23. The van der Waals surface area contributed by atoms with E-state index >= 15 is 0 Å². The molecule has 0 amide bonds. The van der Waals surface area contributed by atoms with Gasteiger partial charge in [-0.2, -0.15) is 9.97 Å². The first-order valence-corrected chi connectivity index (χ1v) is 18.8. The van der Waals surface area contributed by atoms with E-state index in [9.17, 15) is 0 Å². The standard InChI is InChI=1S/C51H32N4O/c1-4-16-33(17-5-1)36-22-14-23-37(32-36)50-52-49(35-20-8-3-9-21-35)53-51(54-50)55-43-28-12-10-24-38(43)40-26-15-27-41(48(40)55)39-30-31-45-47(42-25-11-13-29-44(42)56-45)46(39)34-18-6-2-7-19-34/h1-32H. The van der Waals surface area contributed by atoms with Crippen LogP contribution in [0.15, 0.2) is 199 Å². The second kappa shape index (κ2) is 13.0. The van der Waals surface area contributed by atoms with Crippen molar-refractivity contribution in [3.8, 4) is 62.1 Å². The SMILES string of the molecule is c1ccc(-c2cccc(-c3nc(-c4ccccc4)nc(-n4c5ccccc5c5cccc(-c6ccc7oc8ccccc8c7c6-c6ccccc6)c54)n3)c2)cc1. The summed E-state index contributed by atoms with van der Waals surface area (Å²) in [6.07, 6.45) is 0. The largest absolute Gasteiger partial charge is 0.456 e. The average molecular weight is 717 g/mol. The number of hydrogen-bond donors (Lipinski definition) is 0. The Labute approximate surface area is 322 Å². The molecule has 0 unspecified atom stereocenters. The van der Waals surface area contributed by atoms with Crippen LogP contribution < -0.4 is 0 Å². The molecular weight excluding hydrogens is 685 g/mol. The fourth-order valence-electron chi connectivity index (χ4n) is 8.17. The van der Waals surface area contributed by atoms with Crippen molar-refractivity contribution in [3.63, 3.8) is 0 Å². The lowest BCUT2D eigenvalue weighted by molar-refractivity contribution is 0.669. The van der Waals surface area contributed by atoms with Crippen LogP contribution >= 0.6 is 0 Å². The lowest BCUT2D eigenvalue weighted by atomic mass is 9.90. The first kappa shape index (κ1) is 31.9. The number of furan rings is 1. The molecule has 11 aromatic rings. The highest BCUT2D eigenvalue weighted by Gasteiger charge is 2.24. The van der Waals surface area contributed by atoms with Gasteiger partial charge in [0, 0.05) is 43.8 Å². The maximum atomic E-state index is 6.45. The summed E-state index contributed by atoms with van der Waals surface area (Å²) in [6, 6.07) is 67.4. The quantitative estimate of drug-likeness (QED) is 0.172. The molecule has 8 aromatic carbocycles. The van der Waals surface area contributed by atoms with Gasteiger partial charge in [-0.15, -0.1) is 0 Å². The maximum Gasteiger partial charge on any atom is 0.238 e. The molecule has 0 bridgehead atoms. The zero-order valence-electron chi connectivity index (χ0n) is 30.2. The number of benzene rings is 8.